The van der Waals surface area contributed by atoms with Crippen molar-refractivity contribution in [3.63, 3.8) is 0 Å². The lowest BCUT2D eigenvalue weighted by Crippen LogP contribution is -2.09. The minimum Gasteiger partial charge on any atom is -0.361 e. The quantitative estimate of drug-likeness (QED) is 0.771. The molecule has 1 heterocycles. The van der Waals surface area contributed by atoms with Crippen molar-refractivity contribution in [3.05, 3.63) is 36.0 Å². The highest BCUT2D eigenvalue weighted by Crippen LogP contribution is 2.25. The maximum absolute atomic E-state index is 6.23. The first-order valence-electron chi connectivity index (χ1n) is 6.14. The van der Waals surface area contributed by atoms with E-state index in [0.717, 1.165) is 6.42 Å². The van der Waals surface area contributed by atoms with E-state index in [9.17, 15) is 0 Å². The zero-order valence-electron chi connectivity index (χ0n) is 10.3. The van der Waals surface area contributed by atoms with Crippen LogP contribution in [0.5, 0.6) is 0 Å². The van der Waals surface area contributed by atoms with Crippen LogP contribution in [0.15, 0.2) is 30.5 Å². The summed E-state index contributed by atoms with van der Waals surface area (Å²) in [5.41, 5.74) is 8.67. The van der Waals surface area contributed by atoms with Crippen molar-refractivity contribution in [1.29, 1.82) is 0 Å². The average Bonchev–Trinajstić information content (AvgIpc) is 2.73. The van der Waals surface area contributed by atoms with E-state index in [1.807, 2.05) is 6.07 Å². The fraction of sp³-hybridized carbons (Fsp3) is 0.429. The lowest BCUT2D eigenvalue weighted by Gasteiger charge is -2.10. The molecule has 2 nitrogen and oxygen atoms in total. The zero-order chi connectivity index (χ0) is 11.4. The van der Waals surface area contributed by atoms with Gasteiger partial charge < -0.3 is 10.7 Å². The predicted octanol–water partition coefficient (Wildman–Crippen LogP) is 4.17. The summed E-state index contributed by atoms with van der Waals surface area (Å²) < 4.78 is 0. The number of nitrogens with two attached hydrogens (primary N) is 1. The summed E-state index contributed by atoms with van der Waals surface area (Å²) in [5, 5.41) is 1.27. The van der Waals surface area contributed by atoms with E-state index < -0.39 is 0 Å². The molecule has 0 fully saturated rings. The number of H-pyrrole nitrogens is 1. The van der Waals surface area contributed by atoms with Crippen LogP contribution in [0.3, 0.4) is 0 Å². The van der Waals surface area contributed by atoms with E-state index in [-0.39, 0.29) is 18.4 Å². The number of rotatable bonds is 5. The van der Waals surface area contributed by atoms with Crippen molar-refractivity contribution in [2.75, 3.05) is 0 Å². The monoisotopic (exact) mass is 252 g/mol. The van der Waals surface area contributed by atoms with Gasteiger partial charge in [0.25, 0.3) is 0 Å². The minimum atomic E-state index is 0. The molecule has 0 radical (unpaired) electrons. The van der Waals surface area contributed by atoms with Gasteiger partial charge in [0.15, 0.2) is 0 Å². The molecule has 0 aliphatic heterocycles. The number of hydrogen-bond donors (Lipinski definition) is 2. The van der Waals surface area contributed by atoms with Gasteiger partial charge in [-0.25, -0.2) is 0 Å². The average molecular weight is 253 g/mol. The van der Waals surface area contributed by atoms with Crippen molar-refractivity contribution in [2.24, 2.45) is 5.73 Å². The Balaban J connectivity index is 0.00000144. The van der Waals surface area contributed by atoms with Crippen molar-refractivity contribution in [1.82, 2.24) is 4.98 Å². The standard InChI is InChI=1S/C14H20N2.ClH/c1-2-3-4-8-13(15)12-10-16-14-9-6-5-7-11(12)14;/h5-7,9-10,13,16H,2-4,8,15H2,1H3;1H/t13-;/m0./s1. The number of nitrogens with one attached hydrogen (secondary N) is 1. The Kier molecular flexibility index (Phi) is 5.52. The summed E-state index contributed by atoms with van der Waals surface area (Å²) in [7, 11) is 0. The number of hydrogen-bond acceptors (Lipinski definition) is 1. The number of para-hydroxylation sites is 1. The van der Waals surface area contributed by atoms with E-state index >= 15 is 0 Å². The largest absolute Gasteiger partial charge is 0.361 e. The molecule has 0 saturated heterocycles. The van der Waals surface area contributed by atoms with Gasteiger partial charge in [-0.15, -0.1) is 12.4 Å². The Labute approximate surface area is 109 Å². The van der Waals surface area contributed by atoms with Gasteiger partial charge in [0, 0.05) is 23.1 Å². The number of fused-ring (bicyclic) bond motifs is 1. The number of halogens is 1. The molecule has 94 valence electrons. The molecule has 3 heteroatoms. The molecule has 17 heavy (non-hydrogen) atoms. The number of aromatic nitrogens is 1. The van der Waals surface area contributed by atoms with E-state index in [2.05, 4.69) is 36.3 Å². The Morgan fingerprint density at radius 1 is 1.24 bits per heavy atom. The molecule has 1 aromatic heterocycles. The summed E-state index contributed by atoms with van der Waals surface area (Å²) in [5.74, 6) is 0. The second kappa shape index (κ2) is 6.67. The maximum atomic E-state index is 6.23. The van der Waals surface area contributed by atoms with Gasteiger partial charge >= 0.3 is 0 Å². The van der Waals surface area contributed by atoms with Gasteiger partial charge in [0.1, 0.15) is 0 Å². The maximum Gasteiger partial charge on any atom is 0.0457 e. The highest BCUT2D eigenvalue weighted by Gasteiger charge is 2.10. The molecular weight excluding hydrogens is 232 g/mol. The summed E-state index contributed by atoms with van der Waals surface area (Å²) in [6.45, 7) is 2.22. The number of benzene rings is 1. The molecule has 0 aliphatic rings. The second-order valence-electron chi connectivity index (χ2n) is 4.39. The molecule has 0 aliphatic carbocycles. The molecule has 2 aromatic rings. The van der Waals surface area contributed by atoms with Crippen molar-refractivity contribution in [3.8, 4) is 0 Å². The van der Waals surface area contributed by atoms with Crippen LogP contribution < -0.4 is 5.73 Å². The summed E-state index contributed by atoms with van der Waals surface area (Å²) in [4.78, 5) is 3.28. The molecule has 3 N–H and O–H groups in total. The fourth-order valence-corrected chi connectivity index (χ4v) is 2.17. The second-order valence-corrected chi connectivity index (χ2v) is 4.39. The summed E-state index contributed by atoms with van der Waals surface area (Å²) in [6, 6.07) is 8.52. The van der Waals surface area contributed by atoms with Gasteiger partial charge in [-0.3, -0.25) is 0 Å². The third kappa shape index (κ3) is 3.24. The Morgan fingerprint density at radius 2 is 2.00 bits per heavy atom. The van der Waals surface area contributed by atoms with Crippen molar-refractivity contribution >= 4 is 23.3 Å². The minimum absolute atomic E-state index is 0. The molecule has 2 rings (SSSR count). The van der Waals surface area contributed by atoms with Crippen molar-refractivity contribution in [2.45, 2.75) is 38.6 Å². The van der Waals surface area contributed by atoms with Crippen molar-refractivity contribution < 1.29 is 0 Å². The molecule has 1 aromatic carbocycles. The van der Waals surface area contributed by atoms with E-state index in [0.29, 0.717) is 0 Å². The smallest absolute Gasteiger partial charge is 0.0457 e. The first-order valence-corrected chi connectivity index (χ1v) is 6.14. The fourth-order valence-electron chi connectivity index (χ4n) is 2.17. The van der Waals surface area contributed by atoms with Crippen LogP contribution in [0, 0.1) is 0 Å². The number of aromatic amines is 1. The van der Waals surface area contributed by atoms with E-state index in [4.69, 9.17) is 5.73 Å². The Morgan fingerprint density at radius 3 is 2.76 bits per heavy atom. The third-order valence-corrected chi connectivity index (χ3v) is 3.14. The van der Waals surface area contributed by atoms with Gasteiger partial charge in [0.05, 0.1) is 0 Å². The summed E-state index contributed by atoms with van der Waals surface area (Å²) >= 11 is 0. The Bertz CT molecular complexity index is 450. The zero-order valence-corrected chi connectivity index (χ0v) is 11.1. The van der Waals surface area contributed by atoms with Crippen LogP contribution in [0.1, 0.15) is 44.2 Å². The number of unbranched alkanes of at least 4 members (excludes halogenated alkanes) is 2. The molecule has 0 spiro atoms. The normalized spacial score (nSPS) is 12.4. The highest BCUT2D eigenvalue weighted by molar-refractivity contribution is 5.85. The van der Waals surface area contributed by atoms with Crippen LogP contribution in [0.2, 0.25) is 0 Å². The molecule has 1 atom stereocenters. The topological polar surface area (TPSA) is 41.8 Å². The van der Waals surface area contributed by atoms with Gasteiger partial charge in [-0.2, -0.15) is 0 Å². The van der Waals surface area contributed by atoms with Crippen LogP contribution in [-0.4, -0.2) is 4.98 Å². The molecule has 0 unspecified atom stereocenters. The highest BCUT2D eigenvalue weighted by atomic mass is 35.5. The predicted molar refractivity (Wildman–Crippen MR) is 76.6 cm³/mol. The lowest BCUT2D eigenvalue weighted by atomic mass is 10.0. The van der Waals surface area contributed by atoms with E-state index in [1.165, 1.54) is 35.7 Å². The SMILES string of the molecule is CCCCC[C@H](N)c1c[nH]c2ccccc12.Cl. The van der Waals surface area contributed by atoms with Gasteiger partial charge in [0.2, 0.25) is 0 Å². The lowest BCUT2D eigenvalue weighted by molar-refractivity contribution is 0.584. The van der Waals surface area contributed by atoms with Crippen LogP contribution in [0.25, 0.3) is 10.9 Å². The first-order chi connectivity index (χ1) is 7.83. The summed E-state index contributed by atoms with van der Waals surface area (Å²) in [6.07, 6.45) is 6.88. The van der Waals surface area contributed by atoms with Crippen LogP contribution in [-0.2, 0) is 0 Å². The molecular formula is C14H21ClN2. The third-order valence-electron chi connectivity index (χ3n) is 3.14. The van der Waals surface area contributed by atoms with Crippen LogP contribution >= 0.6 is 12.4 Å². The van der Waals surface area contributed by atoms with Gasteiger partial charge in [-0.05, 0) is 18.1 Å². The van der Waals surface area contributed by atoms with E-state index in [1.54, 1.807) is 0 Å². The first kappa shape index (κ1) is 14.1. The molecule has 0 saturated carbocycles. The van der Waals surface area contributed by atoms with Crippen LogP contribution in [0.4, 0.5) is 0 Å². The molecule has 0 amide bonds. The Hall–Kier alpha value is -0.990. The van der Waals surface area contributed by atoms with Gasteiger partial charge in [-0.1, -0.05) is 44.4 Å². The molecule has 0 bridgehead atoms.